The molecule has 0 saturated heterocycles. The van der Waals surface area contributed by atoms with Crippen molar-refractivity contribution in [1.29, 1.82) is 0 Å². The van der Waals surface area contributed by atoms with Gasteiger partial charge in [-0.3, -0.25) is 14.4 Å². The summed E-state index contributed by atoms with van der Waals surface area (Å²) in [4.78, 5) is 39.4. The Labute approximate surface area is 242 Å². The summed E-state index contributed by atoms with van der Waals surface area (Å²) in [5, 5.41) is 8.98. The Kier molecular flexibility index (Phi) is 9.78. The fourth-order valence-electron chi connectivity index (χ4n) is 3.73. The SMILES string of the molecule is Cc1ccc(NC(=O)CSc2cccc(NC(=O)/C(=C/c3cccc(Cl)c3)NC(=O)c3ccccc3)c2)cc1C. The van der Waals surface area contributed by atoms with Crippen LogP contribution in [0, 0.1) is 13.8 Å². The Morgan fingerprint density at radius 3 is 2.27 bits per heavy atom. The molecule has 0 atom stereocenters. The first kappa shape index (κ1) is 28.7. The van der Waals surface area contributed by atoms with Crippen LogP contribution in [-0.2, 0) is 9.59 Å². The fourth-order valence-corrected chi connectivity index (χ4v) is 4.69. The zero-order chi connectivity index (χ0) is 28.5. The van der Waals surface area contributed by atoms with Gasteiger partial charge in [-0.2, -0.15) is 0 Å². The maximum absolute atomic E-state index is 13.3. The maximum Gasteiger partial charge on any atom is 0.272 e. The van der Waals surface area contributed by atoms with Crippen molar-refractivity contribution in [3.63, 3.8) is 0 Å². The van der Waals surface area contributed by atoms with Gasteiger partial charge >= 0.3 is 0 Å². The number of carbonyl (C=O) groups excluding carboxylic acids is 3. The minimum Gasteiger partial charge on any atom is -0.325 e. The van der Waals surface area contributed by atoms with Crippen LogP contribution in [0.4, 0.5) is 11.4 Å². The molecule has 0 heterocycles. The van der Waals surface area contributed by atoms with Crippen LogP contribution < -0.4 is 16.0 Å². The van der Waals surface area contributed by atoms with Gasteiger partial charge in [-0.15, -0.1) is 11.8 Å². The van der Waals surface area contributed by atoms with E-state index in [-0.39, 0.29) is 17.4 Å². The van der Waals surface area contributed by atoms with E-state index in [9.17, 15) is 14.4 Å². The second-order valence-electron chi connectivity index (χ2n) is 9.05. The van der Waals surface area contributed by atoms with Gasteiger partial charge in [-0.25, -0.2) is 0 Å². The van der Waals surface area contributed by atoms with Gasteiger partial charge in [0.2, 0.25) is 5.91 Å². The summed E-state index contributed by atoms with van der Waals surface area (Å²) < 4.78 is 0. The highest BCUT2D eigenvalue weighted by Gasteiger charge is 2.15. The number of benzene rings is 4. The van der Waals surface area contributed by atoms with E-state index in [2.05, 4.69) is 16.0 Å². The van der Waals surface area contributed by atoms with Crippen LogP contribution in [0.5, 0.6) is 0 Å². The smallest absolute Gasteiger partial charge is 0.272 e. The first-order valence-electron chi connectivity index (χ1n) is 12.5. The van der Waals surface area contributed by atoms with Gasteiger partial charge in [-0.1, -0.05) is 54.1 Å². The minimum absolute atomic E-state index is 0.0574. The summed E-state index contributed by atoms with van der Waals surface area (Å²) in [6.07, 6.45) is 1.57. The number of thioether (sulfide) groups is 1. The van der Waals surface area contributed by atoms with Gasteiger partial charge in [0, 0.05) is 26.9 Å². The van der Waals surface area contributed by atoms with E-state index >= 15 is 0 Å². The topological polar surface area (TPSA) is 87.3 Å². The normalized spacial score (nSPS) is 11.0. The summed E-state index contributed by atoms with van der Waals surface area (Å²) in [5.41, 5.74) is 4.69. The molecule has 0 saturated carbocycles. The second kappa shape index (κ2) is 13.6. The molecule has 40 heavy (non-hydrogen) atoms. The number of hydrogen-bond donors (Lipinski definition) is 3. The third kappa shape index (κ3) is 8.33. The molecule has 202 valence electrons. The highest BCUT2D eigenvalue weighted by atomic mass is 35.5. The van der Waals surface area contributed by atoms with E-state index in [1.165, 1.54) is 11.8 Å². The van der Waals surface area contributed by atoms with Crippen LogP contribution in [0.25, 0.3) is 6.08 Å². The predicted molar refractivity (Wildman–Crippen MR) is 164 cm³/mol. The molecule has 3 N–H and O–H groups in total. The molecule has 6 nitrogen and oxygen atoms in total. The maximum atomic E-state index is 13.3. The van der Waals surface area contributed by atoms with E-state index in [0.29, 0.717) is 21.8 Å². The quantitative estimate of drug-likeness (QED) is 0.148. The molecule has 0 radical (unpaired) electrons. The number of hydrogen-bond acceptors (Lipinski definition) is 4. The highest BCUT2D eigenvalue weighted by molar-refractivity contribution is 8.00. The number of aryl methyl sites for hydroxylation is 2. The lowest BCUT2D eigenvalue weighted by atomic mass is 10.1. The molecule has 0 spiro atoms. The van der Waals surface area contributed by atoms with Gasteiger partial charge < -0.3 is 16.0 Å². The summed E-state index contributed by atoms with van der Waals surface area (Å²) in [6.45, 7) is 4.03. The van der Waals surface area contributed by atoms with E-state index in [4.69, 9.17) is 11.6 Å². The Bertz CT molecular complexity index is 1570. The van der Waals surface area contributed by atoms with Gasteiger partial charge in [0.05, 0.1) is 5.75 Å². The lowest BCUT2D eigenvalue weighted by Crippen LogP contribution is -2.30. The lowest BCUT2D eigenvalue weighted by Gasteiger charge is -2.12. The standard InChI is InChI=1S/C32H28ClN3O3S/c1-21-14-15-27(16-22(21)2)34-30(37)20-40-28-13-7-12-26(19-28)35-32(39)29(18-23-8-6-11-25(33)17-23)36-31(38)24-9-4-3-5-10-24/h3-19H,20H2,1-2H3,(H,34,37)(H,35,39)(H,36,38)/b29-18-. The van der Waals surface area contributed by atoms with Crippen LogP contribution in [0.1, 0.15) is 27.0 Å². The molecular formula is C32H28ClN3O3S. The summed E-state index contributed by atoms with van der Waals surface area (Å²) >= 11 is 7.47. The summed E-state index contributed by atoms with van der Waals surface area (Å²) in [6, 6.07) is 28.6. The van der Waals surface area contributed by atoms with Crippen LogP contribution in [-0.4, -0.2) is 23.5 Å². The molecule has 0 unspecified atom stereocenters. The number of carbonyl (C=O) groups is 3. The Hall–Kier alpha value is -4.33. The monoisotopic (exact) mass is 569 g/mol. The van der Waals surface area contributed by atoms with E-state index in [1.54, 1.807) is 72.8 Å². The number of halogens is 1. The Morgan fingerprint density at radius 1 is 0.775 bits per heavy atom. The second-order valence-corrected chi connectivity index (χ2v) is 10.5. The van der Waals surface area contributed by atoms with Gasteiger partial charge in [0.15, 0.2) is 0 Å². The van der Waals surface area contributed by atoms with Gasteiger partial charge in [0.25, 0.3) is 11.8 Å². The molecular weight excluding hydrogens is 542 g/mol. The molecule has 0 fully saturated rings. The van der Waals surface area contributed by atoms with Crippen molar-refractivity contribution in [2.45, 2.75) is 18.7 Å². The molecule has 4 aromatic rings. The van der Waals surface area contributed by atoms with Crippen molar-refractivity contribution >= 4 is 58.5 Å². The number of amides is 3. The Morgan fingerprint density at radius 2 is 1.52 bits per heavy atom. The number of rotatable bonds is 9. The average molecular weight is 570 g/mol. The fraction of sp³-hybridized carbons (Fsp3) is 0.0938. The zero-order valence-electron chi connectivity index (χ0n) is 22.0. The van der Waals surface area contributed by atoms with Crippen molar-refractivity contribution in [3.8, 4) is 0 Å². The van der Waals surface area contributed by atoms with E-state index in [0.717, 1.165) is 21.7 Å². The third-order valence-electron chi connectivity index (χ3n) is 5.94. The molecule has 0 aliphatic carbocycles. The zero-order valence-corrected chi connectivity index (χ0v) is 23.6. The molecule has 0 aliphatic heterocycles. The van der Waals surface area contributed by atoms with Crippen LogP contribution in [0.3, 0.4) is 0 Å². The Balaban J connectivity index is 1.44. The molecule has 0 aliphatic rings. The largest absolute Gasteiger partial charge is 0.325 e. The molecule has 8 heteroatoms. The van der Waals surface area contributed by atoms with Crippen molar-refractivity contribution in [2.24, 2.45) is 0 Å². The minimum atomic E-state index is -0.501. The lowest BCUT2D eigenvalue weighted by molar-refractivity contribution is -0.114. The van der Waals surface area contributed by atoms with E-state index in [1.807, 2.05) is 44.2 Å². The van der Waals surface area contributed by atoms with Crippen LogP contribution in [0.2, 0.25) is 5.02 Å². The number of nitrogens with one attached hydrogen (secondary N) is 3. The summed E-state index contributed by atoms with van der Waals surface area (Å²) in [5.74, 6) is -0.836. The number of anilines is 2. The molecule has 0 bridgehead atoms. The molecule has 4 aromatic carbocycles. The van der Waals surface area contributed by atoms with Crippen molar-refractivity contribution < 1.29 is 14.4 Å². The van der Waals surface area contributed by atoms with Gasteiger partial charge in [0.1, 0.15) is 5.70 Å². The van der Waals surface area contributed by atoms with Crippen molar-refractivity contribution in [2.75, 3.05) is 16.4 Å². The third-order valence-corrected chi connectivity index (χ3v) is 7.17. The highest BCUT2D eigenvalue weighted by Crippen LogP contribution is 2.23. The molecule has 3 amide bonds. The van der Waals surface area contributed by atoms with Crippen molar-refractivity contribution in [1.82, 2.24) is 5.32 Å². The first-order chi connectivity index (χ1) is 19.3. The molecule has 0 aromatic heterocycles. The predicted octanol–water partition coefficient (Wildman–Crippen LogP) is 7.10. The van der Waals surface area contributed by atoms with Crippen LogP contribution >= 0.6 is 23.4 Å². The average Bonchev–Trinajstić information content (AvgIpc) is 2.94. The van der Waals surface area contributed by atoms with Gasteiger partial charge in [-0.05, 0) is 91.2 Å². The van der Waals surface area contributed by atoms with Crippen molar-refractivity contribution in [3.05, 3.63) is 130 Å². The first-order valence-corrected chi connectivity index (χ1v) is 13.9. The van der Waals surface area contributed by atoms with E-state index < -0.39 is 11.8 Å². The molecule has 4 rings (SSSR count). The summed E-state index contributed by atoms with van der Waals surface area (Å²) in [7, 11) is 0. The van der Waals surface area contributed by atoms with Crippen LogP contribution in [0.15, 0.2) is 108 Å².